The Morgan fingerprint density at radius 3 is 1.55 bits per heavy atom. The maximum absolute atomic E-state index is 2.31. The molecule has 1 radical (unpaired) electrons. The Morgan fingerprint density at radius 1 is 0.550 bits per heavy atom. The van der Waals surface area contributed by atoms with Crippen LogP contribution in [0.4, 0.5) is 0 Å². The van der Waals surface area contributed by atoms with Crippen molar-refractivity contribution in [3.63, 3.8) is 0 Å². The summed E-state index contributed by atoms with van der Waals surface area (Å²) in [5.74, 6) is 0. The average molecular weight is 273 g/mol. The quantitative estimate of drug-likeness (QED) is 0.251. The number of rotatable bonds is 13. The monoisotopic (exact) mass is 273 g/mol. The summed E-state index contributed by atoms with van der Waals surface area (Å²) in [5, 5.41) is 0. The van der Waals surface area contributed by atoms with Gasteiger partial charge in [0.15, 0.2) is 0 Å². The van der Waals surface area contributed by atoms with Crippen molar-refractivity contribution >= 4 is 0 Å². The van der Waals surface area contributed by atoms with Gasteiger partial charge in [0.05, 0.1) is 0 Å². The topological polar surface area (TPSA) is 0 Å². The maximum Gasteiger partial charge on any atom is -0.0169 e. The summed E-state index contributed by atoms with van der Waals surface area (Å²) >= 11 is 0. The van der Waals surface area contributed by atoms with E-state index < -0.39 is 0 Å². The second-order valence-electron chi connectivity index (χ2n) is 5.02. The first-order valence-electron chi connectivity index (χ1n) is 8.33. The molecule has 0 aromatic heterocycles. The van der Waals surface area contributed by atoms with E-state index >= 15 is 0 Å². The summed E-state index contributed by atoms with van der Waals surface area (Å²) < 4.78 is 0. The summed E-state index contributed by atoms with van der Waals surface area (Å²) in [4.78, 5) is 0. The van der Waals surface area contributed by atoms with Crippen molar-refractivity contribution in [3.8, 4) is 0 Å². The number of hydrogen-bond acceptors (Lipinski definition) is 0. The third-order valence-corrected chi connectivity index (χ3v) is 3.05. The fourth-order valence-electron chi connectivity index (χ4n) is 1.80. The zero-order valence-corrected chi connectivity index (χ0v) is 13.6. The molecule has 0 fully saturated rings. The van der Waals surface area contributed by atoms with E-state index in [0.717, 1.165) is 32.1 Å². The maximum atomic E-state index is 2.31. The minimum absolute atomic E-state index is 1.05. The van der Waals surface area contributed by atoms with Crippen molar-refractivity contribution in [3.05, 3.63) is 55.0 Å². The molecule has 0 bridgehead atoms. The SMILES string of the molecule is CC[CH]C/C=C\C/C=C\C/C=C\C/C=C\CCCCC. The van der Waals surface area contributed by atoms with Gasteiger partial charge in [-0.25, -0.2) is 0 Å². The Labute approximate surface area is 127 Å². The summed E-state index contributed by atoms with van der Waals surface area (Å²) in [6.45, 7) is 4.43. The zero-order valence-electron chi connectivity index (χ0n) is 13.6. The van der Waals surface area contributed by atoms with Gasteiger partial charge in [-0.05, 0) is 44.9 Å². The molecule has 113 valence electrons. The van der Waals surface area contributed by atoms with Gasteiger partial charge in [0.25, 0.3) is 0 Å². The van der Waals surface area contributed by atoms with E-state index in [1.807, 2.05) is 0 Å². The Kier molecular flexibility index (Phi) is 17.0. The van der Waals surface area contributed by atoms with Gasteiger partial charge >= 0.3 is 0 Å². The molecular formula is C20H33. The first-order valence-corrected chi connectivity index (χ1v) is 8.33. The molecule has 0 unspecified atom stereocenters. The summed E-state index contributed by atoms with van der Waals surface area (Å²) in [5.41, 5.74) is 0. The van der Waals surface area contributed by atoms with Crippen LogP contribution in [0.1, 0.15) is 71.6 Å². The molecule has 0 atom stereocenters. The molecule has 0 aliphatic carbocycles. The van der Waals surface area contributed by atoms with E-state index in [2.05, 4.69) is 68.9 Å². The van der Waals surface area contributed by atoms with Crippen LogP contribution in [0.5, 0.6) is 0 Å². The Bertz CT molecular complexity index is 278. The van der Waals surface area contributed by atoms with Gasteiger partial charge in [-0.1, -0.05) is 81.7 Å². The molecule has 0 amide bonds. The molecule has 0 aromatic rings. The summed E-state index contributed by atoms with van der Waals surface area (Å²) in [7, 11) is 0. The van der Waals surface area contributed by atoms with E-state index in [1.54, 1.807) is 0 Å². The van der Waals surface area contributed by atoms with Crippen LogP contribution in [0, 0.1) is 6.42 Å². The first kappa shape index (κ1) is 19.0. The molecular weight excluding hydrogens is 240 g/mol. The van der Waals surface area contributed by atoms with Crippen LogP contribution >= 0.6 is 0 Å². The van der Waals surface area contributed by atoms with E-state index in [0.29, 0.717) is 0 Å². The number of unbranched alkanes of at least 4 members (excludes halogenated alkanes) is 5. The van der Waals surface area contributed by atoms with Crippen molar-refractivity contribution < 1.29 is 0 Å². The molecule has 0 N–H and O–H groups in total. The van der Waals surface area contributed by atoms with Crippen LogP contribution in [-0.4, -0.2) is 0 Å². The standard InChI is InChI=1S/C20H33/c1-3-5-7-9-11-13-15-17-19-20-18-16-14-12-10-8-6-4-2/h5,9,11-12,14-15,17-18,20H,3-4,6-8,10,13,16,19H2,1-2H3/b11-9-,14-12-,17-15-,20-18-. The summed E-state index contributed by atoms with van der Waals surface area (Å²) in [6.07, 6.45) is 31.1. The van der Waals surface area contributed by atoms with Crippen molar-refractivity contribution in [1.29, 1.82) is 0 Å². The molecule has 0 saturated heterocycles. The van der Waals surface area contributed by atoms with Crippen LogP contribution in [0.2, 0.25) is 0 Å². The van der Waals surface area contributed by atoms with Crippen LogP contribution in [0.15, 0.2) is 48.6 Å². The lowest BCUT2D eigenvalue weighted by molar-refractivity contribution is 0.728. The lowest BCUT2D eigenvalue weighted by atomic mass is 10.2. The average Bonchev–Trinajstić information content (AvgIpc) is 2.47. The van der Waals surface area contributed by atoms with Crippen molar-refractivity contribution in [1.82, 2.24) is 0 Å². The highest BCUT2D eigenvalue weighted by Crippen LogP contribution is 2.01. The van der Waals surface area contributed by atoms with Crippen LogP contribution in [0.25, 0.3) is 0 Å². The molecule has 0 rings (SSSR count). The highest BCUT2D eigenvalue weighted by Gasteiger charge is 1.81. The van der Waals surface area contributed by atoms with Crippen molar-refractivity contribution in [2.45, 2.75) is 71.6 Å². The Hall–Kier alpha value is -1.04. The molecule has 0 aliphatic rings. The lowest BCUT2D eigenvalue weighted by Gasteiger charge is -1.90. The van der Waals surface area contributed by atoms with Gasteiger partial charge in [-0.15, -0.1) is 0 Å². The van der Waals surface area contributed by atoms with Crippen LogP contribution in [0.3, 0.4) is 0 Å². The third-order valence-electron chi connectivity index (χ3n) is 3.05. The summed E-state index contributed by atoms with van der Waals surface area (Å²) in [6, 6.07) is 0. The van der Waals surface area contributed by atoms with E-state index in [-0.39, 0.29) is 0 Å². The minimum Gasteiger partial charge on any atom is -0.0882 e. The molecule has 0 saturated carbocycles. The Balaban J connectivity index is 3.36. The van der Waals surface area contributed by atoms with Gasteiger partial charge in [0, 0.05) is 0 Å². The smallest absolute Gasteiger partial charge is 0.0169 e. The van der Waals surface area contributed by atoms with Crippen molar-refractivity contribution in [2.24, 2.45) is 0 Å². The second kappa shape index (κ2) is 18.0. The molecule has 0 heterocycles. The van der Waals surface area contributed by atoms with E-state index in [4.69, 9.17) is 0 Å². The molecule has 20 heavy (non-hydrogen) atoms. The van der Waals surface area contributed by atoms with Gasteiger partial charge in [0.1, 0.15) is 0 Å². The van der Waals surface area contributed by atoms with Crippen LogP contribution in [-0.2, 0) is 0 Å². The second-order valence-corrected chi connectivity index (χ2v) is 5.02. The largest absolute Gasteiger partial charge is 0.0882 e. The molecule has 0 nitrogen and oxygen atoms in total. The molecule has 0 aliphatic heterocycles. The highest BCUT2D eigenvalue weighted by molar-refractivity contribution is 4.99. The molecule has 0 spiro atoms. The predicted molar refractivity (Wildman–Crippen MR) is 93.8 cm³/mol. The van der Waals surface area contributed by atoms with Crippen molar-refractivity contribution in [2.75, 3.05) is 0 Å². The van der Waals surface area contributed by atoms with Gasteiger partial charge in [-0.2, -0.15) is 0 Å². The minimum atomic E-state index is 1.05. The van der Waals surface area contributed by atoms with E-state index in [1.165, 1.54) is 25.7 Å². The predicted octanol–water partition coefficient (Wildman–Crippen LogP) is 6.97. The molecule has 0 aromatic carbocycles. The molecule has 0 heteroatoms. The van der Waals surface area contributed by atoms with Gasteiger partial charge in [-0.3, -0.25) is 0 Å². The lowest BCUT2D eigenvalue weighted by Crippen LogP contribution is -1.70. The third kappa shape index (κ3) is 17.0. The van der Waals surface area contributed by atoms with Gasteiger partial charge < -0.3 is 0 Å². The van der Waals surface area contributed by atoms with E-state index in [9.17, 15) is 0 Å². The highest BCUT2D eigenvalue weighted by atomic mass is 13.9. The number of allylic oxidation sites excluding steroid dienone is 8. The normalized spacial score (nSPS) is 12.7. The fraction of sp³-hybridized carbons (Fsp3) is 0.550. The van der Waals surface area contributed by atoms with Gasteiger partial charge in [0.2, 0.25) is 0 Å². The first-order chi connectivity index (χ1) is 9.91. The zero-order chi connectivity index (χ0) is 14.7. The van der Waals surface area contributed by atoms with Crippen LogP contribution < -0.4 is 0 Å². The number of hydrogen-bond donors (Lipinski definition) is 0. The Morgan fingerprint density at radius 2 is 1.05 bits per heavy atom. The fourth-order valence-corrected chi connectivity index (χ4v) is 1.80.